The number of amides is 1. The van der Waals surface area contributed by atoms with Crippen LogP contribution in [-0.2, 0) is 16.0 Å². The predicted octanol–water partition coefficient (Wildman–Crippen LogP) is 1.06. The first-order chi connectivity index (χ1) is 10.6. The van der Waals surface area contributed by atoms with E-state index >= 15 is 0 Å². The number of hydrogen-bond donors (Lipinski definition) is 4. The molecule has 1 fully saturated rings. The molecular weight excluding hydrogens is 306 g/mol. The van der Waals surface area contributed by atoms with Crippen molar-refractivity contribution in [3.63, 3.8) is 0 Å². The second-order valence-corrected chi connectivity index (χ2v) is 6.55. The highest BCUT2D eigenvalue weighted by Gasteiger charge is 2.33. The van der Waals surface area contributed by atoms with E-state index in [0.717, 1.165) is 19.3 Å². The van der Waals surface area contributed by atoms with Gasteiger partial charge in [0.25, 0.3) is 0 Å². The van der Waals surface area contributed by atoms with Crippen LogP contribution in [-0.4, -0.2) is 36.4 Å². The van der Waals surface area contributed by atoms with Crippen molar-refractivity contribution in [1.82, 2.24) is 5.32 Å². The molecule has 0 aliphatic carbocycles. The Kier molecular flexibility index (Phi) is 4.32. The van der Waals surface area contributed by atoms with Gasteiger partial charge < -0.3 is 26.2 Å². The van der Waals surface area contributed by atoms with E-state index in [0.29, 0.717) is 35.0 Å². The maximum absolute atomic E-state index is 11.7. The zero-order valence-electron chi connectivity index (χ0n) is 12.1. The smallest absolute Gasteiger partial charge is 0.338 e. The van der Waals surface area contributed by atoms with Crippen LogP contribution < -0.4 is 16.4 Å². The van der Waals surface area contributed by atoms with Crippen molar-refractivity contribution in [3.05, 3.63) is 16.0 Å². The largest absolute Gasteiger partial charge is 0.478 e. The van der Waals surface area contributed by atoms with Crippen LogP contribution in [0.1, 0.15) is 46.1 Å². The van der Waals surface area contributed by atoms with Crippen molar-refractivity contribution < 1.29 is 19.4 Å². The second kappa shape index (κ2) is 6.23. The van der Waals surface area contributed by atoms with E-state index in [2.05, 4.69) is 10.6 Å². The molecule has 0 aromatic carbocycles. The SMILES string of the molecule is NC(=O)[C@H]1NCCc2c1sc(NC1CCCCO1)c2C(=O)O. The van der Waals surface area contributed by atoms with E-state index in [4.69, 9.17) is 10.5 Å². The van der Waals surface area contributed by atoms with Crippen molar-refractivity contribution in [2.24, 2.45) is 5.73 Å². The lowest BCUT2D eigenvalue weighted by molar-refractivity contribution is -0.120. The number of anilines is 1. The summed E-state index contributed by atoms with van der Waals surface area (Å²) in [6, 6.07) is -0.616. The molecule has 8 heteroatoms. The Labute approximate surface area is 131 Å². The fraction of sp³-hybridized carbons (Fsp3) is 0.571. The van der Waals surface area contributed by atoms with Crippen LogP contribution >= 0.6 is 11.3 Å². The van der Waals surface area contributed by atoms with Gasteiger partial charge in [-0.1, -0.05) is 0 Å². The molecule has 0 spiro atoms. The van der Waals surface area contributed by atoms with Gasteiger partial charge in [-0.2, -0.15) is 0 Å². The van der Waals surface area contributed by atoms with Crippen LogP contribution in [0.4, 0.5) is 5.00 Å². The van der Waals surface area contributed by atoms with Gasteiger partial charge in [0.15, 0.2) is 0 Å². The number of rotatable bonds is 4. The summed E-state index contributed by atoms with van der Waals surface area (Å²) in [7, 11) is 0. The highest BCUT2D eigenvalue weighted by Crippen LogP contribution is 2.40. The summed E-state index contributed by atoms with van der Waals surface area (Å²) in [5.74, 6) is -1.47. The molecule has 1 aromatic rings. The number of hydrogen-bond acceptors (Lipinski definition) is 6. The summed E-state index contributed by atoms with van der Waals surface area (Å²) >= 11 is 1.29. The molecule has 3 rings (SSSR count). The van der Waals surface area contributed by atoms with Crippen LogP contribution in [0.15, 0.2) is 0 Å². The highest BCUT2D eigenvalue weighted by molar-refractivity contribution is 7.17. The Bertz CT molecular complexity index is 595. The normalized spacial score (nSPS) is 24.5. The molecule has 7 nitrogen and oxygen atoms in total. The van der Waals surface area contributed by atoms with Crippen LogP contribution in [0.3, 0.4) is 0 Å². The maximum atomic E-state index is 11.7. The number of carbonyl (C=O) groups excluding carboxylic acids is 1. The van der Waals surface area contributed by atoms with Gasteiger partial charge in [-0.25, -0.2) is 4.79 Å². The van der Waals surface area contributed by atoms with Crippen LogP contribution in [0, 0.1) is 0 Å². The molecule has 22 heavy (non-hydrogen) atoms. The van der Waals surface area contributed by atoms with Gasteiger partial charge in [-0.3, -0.25) is 4.79 Å². The van der Waals surface area contributed by atoms with Gasteiger partial charge in [0.05, 0.1) is 5.56 Å². The van der Waals surface area contributed by atoms with Crippen LogP contribution in [0.2, 0.25) is 0 Å². The Morgan fingerprint density at radius 1 is 1.41 bits per heavy atom. The first-order valence-corrected chi connectivity index (χ1v) is 8.19. The molecule has 1 unspecified atom stereocenters. The Balaban J connectivity index is 1.95. The molecule has 1 saturated heterocycles. The number of carboxylic acid groups (broad SMARTS) is 1. The second-order valence-electron chi connectivity index (χ2n) is 5.49. The van der Waals surface area contributed by atoms with E-state index in [1.54, 1.807) is 0 Å². The van der Waals surface area contributed by atoms with E-state index in [1.165, 1.54) is 11.3 Å². The fourth-order valence-corrected chi connectivity index (χ4v) is 4.32. The summed E-state index contributed by atoms with van der Waals surface area (Å²) in [4.78, 5) is 23.9. The van der Waals surface area contributed by atoms with E-state index in [1.807, 2.05) is 0 Å². The van der Waals surface area contributed by atoms with Gasteiger partial charge in [-0.05, 0) is 31.2 Å². The maximum Gasteiger partial charge on any atom is 0.338 e. The van der Waals surface area contributed by atoms with Crippen LogP contribution in [0.25, 0.3) is 0 Å². The number of nitrogens with one attached hydrogen (secondary N) is 2. The highest BCUT2D eigenvalue weighted by atomic mass is 32.1. The average molecular weight is 325 g/mol. The number of aromatic carboxylic acids is 1. The zero-order chi connectivity index (χ0) is 15.7. The van der Waals surface area contributed by atoms with Gasteiger partial charge in [0.2, 0.25) is 5.91 Å². The third-order valence-electron chi connectivity index (χ3n) is 3.99. The molecule has 2 atom stereocenters. The zero-order valence-corrected chi connectivity index (χ0v) is 12.9. The standard InChI is InChI=1S/C14H19N3O4S/c15-12(18)10-11-7(4-5-16-10)9(14(19)20)13(22-11)17-8-3-1-2-6-21-8/h8,10,16-17H,1-6H2,(H2,15,18)(H,19,20)/t8?,10-/m0/s1. The van der Waals surface area contributed by atoms with E-state index in [-0.39, 0.29) is 11.8 Å². The Morgan fingerprint density at radius 2 is 2.23 bits per heavy atom. The molecule has 120 valence electrons. The molecule has 0 radical (unpaired) electrons. The van der Waals surface area contributed by atoms with E-state index < -0.39 is 17.9 Å². The Morgan fingerprint density at radius 3 is 2.86 bits per heavy atom. The number of carbonyl (C=O) groups is 2. The summed E-state index contributed by atoms with van der Waals surface area (Å²) in [5, 5.41) is 16.3. The molecular formula is C14H19N3O4S. The topological polar surface area (TPSA) is 114 Å². The van der Waals surface area contributed by atoms with Crippen molar-refractivity contribution in [3.8, 4) is 0 Å². The van der Waals surface area contributed by atoms with Gasteiger partial charge in [0, 0.05) is 18.0 Å². The lowest BCUT2D eigenvalue weighted by Crippen LogP contribution is -2.38. The number of fused-ring (bicyclic) bond motifs is 1. The molecule has 2 aliphatic rings. The number of ether oxygens (including phenoxy) is 1. The third kappa shape index (κ3) is 2.81. The monoisotopic (exact) mass is 325 g/mol. The van der Waals surface area contributed by atoms with Gasteiger partial charge in [-0.15, -0.1) is 11.3 Å². The average Bonchev–Trinajstić information content (AvgIpc) is 2.85. The minimum atomic E-state index is -0.985. The summed E-state index contributed by atoms with van der Waals surface area (Å²) in [6.45, 7) is 1.22. The molecule has 1 amide bonds. The third-order valence-corrected chi connectivity index (χ3v) is 5.22. The molecule has 0 bridgehead atoms. The lowest BCUT2D eigenvalue weighted by Gasteiger charge is -2.24. The quantitative estimate of drug-likeness (QED) is 0.658. The minimum absolute atomic E-state index is 0.174. The van der Waals surface area contributed by atoms with Crippen molar-refractivity contribution in [2.45, 2.75) is 38.0 Å². The fourth-order valence-electron chi connectivity index (χ4n) is 2.96. The summed E-state index contributed by atoms with van der Waals surface area (Å²) in [6.07, 6.45) is 3.32. The number of primary amides is 1. The summed E-state index contributed by atoms with van der Waals surface area (Å²) < 4.78 is 5.62. The molecule has 5 N–H and O–H groups in total. The van der Waals surface area contributed by atoms with Crippen molar-refractivity contribution >= 4 is 28.2 Å². The summed E-state index contributed by atoms with van der Waals surface area (Å²) in [5.41, 5.74) is 6.37. The van der Waals surface area contributed by atoms with Gasteiger partial charge in [0.1, 0.15) is 17.3 Å². The lowest BCUT2D eigenvalue weighted by atomic mass is 9.99. The molecule has 0 saturated carbocycles. The van der Waals surface area contributed by atoms with Crippen molar-refractivity contribution in [1.29, 1.82) is 0 Å². The number of thiophene rings is 1. The Hall–Kier alpha value is -1.64. The molecule has 3 heterocycles. The minimum Gasteiger partial charge on any atom is -0.478 e. The van der Waals surface area contributed by atoms with E-state index in [9.17, 15) is 14.7 Å². The predicted molar refractivity (Wildman–Crippen MR) is 82.1 cm³/mol. The first kappa shape index (κ1) is 15.3. The molecule has 2 aliphatic heterocycles. The van der Waals surface area contributed by atoms with Gasteiger partial charge >= 0.3 is 5.97 Å². The molecule has 1 aromatic heterocycles. The first-order valence-electron chi connectivity index (χ1n) is 7.37. The number of carboxylic acids is 1. The van der Waals surface area contributed by atoms with Crippen molar-refractivity contribution in [2.75, 3.05) is 18.5 Å². The van der Waals surface area contributed by atoms with Crippen LogP contribution in [0.5, 0.6) is 0 Å². The number of nitrogens with two attached hydrogens (primary N) is 1.